The van der Waals surface area contributed by atoms with Gasteiger partial charge in [0.2, 0.25) is 5.91 Å². The van der Waals surface area contributed by atoms with Crippen molar-refractivity contribution >= 4 is 18.0 Å². The maximum Gasteiger partial charge on any atom is 0.410 e. The predicted octanol–water partition coefficient (Wildman–Crippen LogP) is 1.80. The van der Waals surface area contributed by atoms with Crippen LogP contribution in [0.5, 0.6) is 0 Å². The number of carbonyl (C=O) groups is 3. The van der Waals surface area contributed by atoms with Crippen molar-refractivity contribution in [1.29, 1.82) is 0 Å². The molecule has 7 nitrogen and oxygen atoms in total. The van der Waals surface area contributed by atoms with Gasteiger partial charge in [0, 0.05) is 45.9 Å². The SMILES string of the molecule is CC(=O)N1CCC(C(=O)OC2CCN(C(=O)OC(C)C)CC2)CC1. The van der Waals surface area contributed by atoms with E-state index in [1.807, 2.05) is 13.8 Å². The van der Waals surface area contributed by atoms with Crippen molar-refractivity contribution in [3.8, 4) is 0 Å². The lowest BCUT2D eigenvalue weighted by molar-refractivity contribution is -0.158. The highest BCUT2D eigenvalue weighted by Crippen LogP contribution is 2.22. The van der Waals surface area contributed by atoms with Crippen LogP contribution in [0.25, 0.3) is 0 Å². The van der Waals surface area contributed by atoms with E-state index in [0.29, 0.717) is 51.9 Å². The largest absolute Gasteiger partial charge is 0.462 e. The summed E-state index contributed by atoms with van der Waals surface area (Å²) in [6, 6.07) is 0. The first-order chi connectivity index (χ1) is 11.4. The number of hydrogen-bond acceptors (Lipinski definition) is 5. The lowest BCUT2D eigenvalue weighted by Gasteiger charge is -2.34. The van der Waals surface area contributed by atoms with Crippen LogP contribution in [0.3, 0.4) is 0 Å². The Morgan fingerprint density at radius 2 is 1.46 bits per heavy atom. The van der Waals surface area contributed by atoms with Gasteiger partial charge in [0.1, 0.15) is 6.10 Å². The maximum absolute atomic E-state index is 12.3. The first-order valence-corrected chi connectivity index (χ1v) is 8.78. The highest BCUT2D eigenvalue weighted by atomic mass is 16.6. The van der Waals surface area contributed by atoms with Gasteiger partial charge in [-0.1, -0.05) is 0 Å². The van der Waals surface area contributed by atoms with Gasteiger partial charge in [0.25, 0.3) is 0 Å². The van der Waals surface area contributed by atoms with E-state index in [-0.39, 0.29) is 36.1 Å². The molecule has 0 aromatic carbocycles. The van der Waals surface area contributed by atoms with Crippen LogP contribution in [0.2, 0.25) is 0 Å². The zero-order valence-corrected chi connectivity index (χ0v) is 14.8. The lowest BCUT2D eigenvalue weighted by Crippen LogP contribution is -2.44. The van der Waals surface area contributed by atoms with E-state index in [0.717, 1.165) is 0 Å². The second-order valence-corrected chi connectivity index (χ2v) is 6.84. The molecule has 0 aliphatic carbocycles. The summed E-state index contributed by atoms with van der Waals surface area (Å²) in [6.07, 6.45) is 2.05. The fraction of sp³-hybridized carbons (Fsp3) is 0.824. The molecule has 7 heteroatoms. The summed E-state index contributed by atoms with van der Waals surface area (Å²) in [5.74, 6) is -0.228. The summed E-state index contributed by atoms with van der Waals surface area (Å²) in [5, 5.41) is 0. The molecule has 24 heavy (non-hydrogen) atoms. The summed E-state index contributed by atoms with van der Waals surface area (Å²) >= 11 is 0. The van der Waals surface area contributed by atoms with Gasteiger partial charge in [-0.15, -0.1) is 0 Å². The molecule has 136 valence electrons. The third kappa shape index (κ3) is 5.11. The normalized spacial score (nSPS) is 20.2. The lowest BCUT2D eigenvalue weighted by atomic mass is 9.96. The average molecular weight is 340 g/mol. The number of nitrogens with zero attached hydrogens (tertiary/aromatic N) is 2. The van der Waals surface area contributed by atoms with Crippen LogP contribution >= 0.6 is 0 Å². The number of piperidine rings is 2. The Balaban J connectivity index is 1.71. The molecule has 2 aliphatic heterocycles. The van der Waals surface area contributed by atoms with Crippen LogP contribution in [-0.4, -0.2) is 66.2 Å². The molecular weight excluding hydrogens is 312 g/mol. The van der Waals surface area contributed by atoms with E-state index in [2.05, 4.69) is 0 Å². The van der Waals surface area contributed by atoms with Crippen molar-refractivity contribution in [1.82, 2.24) is 9.80 Å². The molecule has 0 saturated carbocycles. The van der Waals surface area contributed by atoms with E-state index < -0.39 is 0 Å². The zero-order chi connectivity index (χ0) is 17.7. The minimum Gasteiger partial charge on any atom is -0.462 e. The molecular formula is C17H28N2O5. The van der Waals surface area contributed by atoms with E-state index in [4.69, 9.17) is 9.47 Å². The van der Waals surface area contributed by atoms with Crippen molar-refractivity contribution in [2.45, 2.75) is 58.7 Å². The third-order valence-electron chi connectivity index (χ3n) is 4.59. The molecule has 2 rings (SSSR count). The third-order valence-corrected chi connectivity index (χ3v) is 4.59. The smallest absolute Gasteiger partial charge is 0.410 e. The summed E-state index contributed by atoms with van der Waals surface area (Å²) in [7, 11) is 0. The molecule has 0 N–H and O–H groups in total. The van der Waals surface area contributed by atoms with Crippen LogP contribution < -0.4 is 0 Å². The number of ether oxygens (including phenoxy) is 2. The van der Waals surface area contributed by atoms with Crippen LogP contribution in [0.4, 0.5) is 4.79 Å². The predicted molar refractivity (Wildman–Crippen MR) is 87.3 cm³/mol. The molecule has 0 bridgehead atoms. The van der Waals surface area contributed by atoms with Gasteiger partial charge in [0.05, 0.1) is 12.0 Å². The molecule has 0 aromatic rings. The Morgan fingerprint density at radius 3 is 1.96 bits per heavy atom. The topological polar surface area (TPSA) is 76.2 Å². The number of carbonyl (C=O) groups excluding carboxylic acids is 3. The Bertz CT molecular complexity index is 464. The second-order valence-electron chi connectivity index (χ2n) is 6.84. The van der Waals surface area contributed by atoms with Gasteiger partial charge in [-0.25, -0.2) is 4.79 Å². The Hall–Kier alpha value is -1.79. The monoisotopic (exact) mass is 340 g/mol. The van der Waals surface area contributed by atoms with Gasteiger partial charge in [-0.05, 0) is 26.7 Å². The molecule has 0 radical (unpaired) electrons. The molecule has 0 aromatic heterocycles. The van der Waals surface area contributed by atoms with Crippen molar-refractivity contribution in [2.24, 2.45) is 5.92 Å². The molecule has 2 saturated heterocycles. The van der Waals surface area contributed by atoms with Crippen molar-refractivity contribution < 1.29 is 23.9 Å². The van der Waals surface area contributed by atoms with Gasteiger partial charge in [0.15, 0.2) is 0 Å². The van der Waals surface area contributed by atoms with E-state index >= 15 is 0 Å². The van der Waals surface area contributed by atoms with Gasteiger partial charge in [-0.3, -0.25) is 9.59 Å². The van der Waals surface area contributed by atoms with Gasteiger partial charge < -0.3 is 19.3 Å². The fourth-order valence-electron chi connectivity index (χ4n) is 3.12. The molecule has 0 spiro atoms. The maximum atomic E-state index is 12.3. The van der Waals surface area contributed by atoms with E-state index in [9.17, 15) is 14.4 Å². The number of hydrogen-bond donors (Lipinski definition) is 0. The zero-order valence-electron chi connectivity index (χ0n) is 14.8. The fourth-order valence-corrected chi connectivity index (χ4v) is 3.12. The first-order valence-electron chi connectivity index (χ1n) is 8.78. The molecule has 0 atom stereocenters. The van der Waals surface area contributed by atoms with Gasteiger partial charge >= 0.3 is 12.1 Å². The minimum atomic E-state index is -0.300. The van der Waals surface area contributed by atoms with Crippen LogP contribution in [-0.2, 0) is 19.1 Å². The van der Waals surface area contributed by atoms with Gasteiger partial charge in [-0.2, -0.15) is 0 Å². The second kappa shape index (κ2) is 8.35. The standard InChI is InChI=1S/C17H28N2O5/c1-12(2)23-17(22)19-10-6-15(7-11-19)24-16(21)14-4-8-18(9-5-14)13(3)20/h12,14-15H,4-11H2,1-3H3. The first kappa shape index (κ1) is 18.5. The van der Waals surface area contributed by atoms with Crippen molar-refractivity contribution in [3.63, 3.8) is 0 Å². The quantitative estimate of drug-likeness (QED) is 0.732. The number of rotatable bonds is 3. The molecule has 2 heterocycles. The summed E-state index contributed by atoms with van der Waals surface area (Å²) in [4.78, 5) is 38.8. The van der Waals surface area contributed by atoms with Crippen LogP contribution in [0.1, 0.15) is 46.5 Å². The highest BCUT2D eigenvalue weighted by molar-refractivity contribution is 5.75. The Labute approximate surface area is 143 Å². The van der Waals surface area contributed by atoms with E-state index in [1.54, 1.807) is 16.7 Å². The van der Waals surface area contributed by atoms with Crippen molar-refractivity contribution in [3.05, 3.63) is 0 Å². The highest BCUT2D eigenvalue weighted by Gasteiger charge is 2.31. The molecule has 2 aliphatic rings. The summed E-state index contributed by atoms with van der Waals surface area (Å²) < 4.78 is 10.8. The van der Waals surface area contributed by atoms with Crippen LogP contribution in [0, 0.1) is 5.92 Å². The van der Waals surface area contributed by atoms with E-state index in [1.165, 1.54) is 0 Å². The summed E-state index contributed by atoms with van der Waals surface area (Å²) in [6.45, 7) is 7.53. The number of amides is 2. The number of likely N-dealkylation sites (tertiary alicyclic amines) is 2. The number of esters is 1. The average Bonchev–Trinajstić information content (AvgIpc) is 2.55. The van der Waals surface area contributed by atoms with Crippen LogP contribution in [0.15, 0.2) is 0 Å². The Morgan fingerprint density at radius 1 is 0.917 bits per heavy atom. The Kier molecular flexibility index (Phi) is 6.45. The molecule has 2 fully saturated rings. The molecule has 2 amide bonds. The summed E-state index contributed by atoms with van der Waals surface area (Å²) in [5.41, 5.74) is 0. The van der Waals surface area contributed by atoms with Crippen molar-refractivity contribution in [2.75, 3.05) is 26.2 Å². The molecule has 0 unspecified atom stereocenters. The minimum absolute atomic E-state index is 0.0578.